The van der Waals surface area contributed by atoms with Crippen LogP contribution in [0, 0.1) is 5.92 Å². The third-order valence-corrected chi connectivity index (χ3v) is 60.8. The number of aliphatic hydroxyl groups is 1. The van der Waals surface area contributed by atoms with Gasteiger partial charge in [0.15, 0.2) is 49.9 Å². The molecule has 0 saturated heterocycles. The lowest BCUT2D eigenvalue weighted by Crippen LogP contribution is -2.67. The van der Waals surface area contributed by atoms with Crippen LogP contribution in [-0.2, 0) is 40.5 Å². The summed E-state index contributed by atoms with van der Waals surface area (Å²) in [7, 11) is -17.7. The van der Waals surface area contributed by atoms with Crippen LogP contribution in [0.15, 0.2) is 120 Å². The maximum Gasteiger partial charge on any atom is 0.261 e. The monoisotopic (exact) mass is 1680 g/mol. The fourth-order valence-electron chi connectivity index (χ4n) is 12.5. The maximum absolute atomic E-state index is 12.2. The van der Waals surface area contributed by atoms with Gasteiger partial charge >= 0.3 is 0 Å². The van der Waals surface area contributed by atoms with Crippen LogP contribution in [0.3, 0.4) is 0 Å². The molecule has 3 aromatic carbocycles. The molecule has 3 rings (SSSR count). The number of thioether (sulfide) groups is 1. The molecule has 0 bridgehead atoms. The summed E-state index contributed by atoms with van der Waals surface area (Å²) in [6, 6.07) is 33.5. The first-order valence-corrected chi connectivity index (χ1v) is 66.7. The molecule has 0 aliphatic rings. The van der Waals surface area contributed by atoms with E-state index in [1.54, 1.807) is 11.8 Å². The summed E-state index contributed by atoms with van der Waals surface area (Å²) >= 11 is 1.68. The highest BCUT2D eigenvalue weighted by molar-refractivity contribution is 7.99. The first kappa shape index (κ1) is 103. The highest BCUT2D eigenvalue weighted by Gasteiger charge is 2.52. The summed E-state index contributed by atoms with van der Waals surface area (Å²) in [6.07, 6.45) is 17.9. The Hall–Kier alpha value is -1.17. The molecule has 3 aromatic rings. The van der Waals surface area contributed by atoms with Crippen LogP contribution in [0.2, 0.25) is 140 Å². The number of hydrogen-bond donors (Lipinski definition) is 1. The Bertz CT molecular complexity index is 3090. The molecule has 9 atom stereocenters. The Morgan fingerprint density at radius 2 is 0.800 bits per heavy atom. The van der Waals surface area contributed by atoms with E-state index >= 15 is 0 Å². The lowest BCUT2D eigenvalue weighted by Gasteiger charge is -2.46. The van der Waals surface area contributed by atoms with E-state index in [0.29, 0.717) is 31.8 Å². The SMILES string of the molecule is C[C@@H](C[C@H](O[Si](C)(C)C(C)(C)C)[C@H](CCCCC[C@H](CCC[C@H](/C=C/C[C@H](/C=C/C[C@@H](CO[Si](c1ccccc1)(c1ccccc1)C(C)(C)C)O[Si](C)(C)C(C)(C)C)O[Si](C)(C)C(C)(C)C)O[Si](C)(C)C(C)(C)C)O[Si](C)(C)C(C)(C)C)O[Si](C)(C)C(C)(C)C)[C@@H](OCOCC[Si](C)(C)C)[C@@H](O)CSc1ccccc1. The normalized spacial score (nSPS) is 17.0. The summed E-state index contributed by atoms with van der Waals surface area (Å²) in [5.41, 5.74) is 0. The van der Waals surface area contributed by atoms with Crippen LogP contribution in [-0.4, -0.2) is 146 Å². The van der Waals surface area contributed by atoms with Gasteiger partial charge in [-0.15, -0.1) is 11.8 Å². The molecular formula is C91H172O10SSi8. The Labute approximate surface area is 692 Å². The van der Waals surface area contributed by atoms with Crippen molar-refractivity contribution in [3.8, 4) is 0 Å². The van der Waals surface area contributed by atoms with Crippen molar-refractivity contribution < 1.29 is 45.6 Å². The van der Waals surface area contributed by atoms with E-state index in [4.69, 9.17) is 40.5 Å². The van der Waals surface area contributed by atoms with E-state index in [2.05, 4.69) is 360 Å². The molecule has 0 radical (unpaired) electrons. The third-order valence-electron chi connectivity index (χ3n) is 25.9. The average Bonchev–Trinajstić information content (AvgIpc) is 0.745. The van der Waals surface area contributed by atoms with Crippen molar-refractivity contribution in [2.24, 2.45) is 5.92 Å². The van der Waals surface area contributed by atoms with Crippen molar-refractivity contribution in [3.63, 3.8) is 0 Å². The number of hydrogen-bond acceptors (Lipinski definition) is 11. The number of aliphatic hydroxyl groups excluding tert-OH is 1. The minimum atomic E-state index is -2.85. The van der Waals surface area contributed by atoms with Gasteiger partial charge in [0.1, 0.15) is 6.79 Å². The number of unbranched alkanes of at least 4 members (excludes halogenated alkanes) is 2. The van der Waals surface area contributed by atoms with Gasteiger partial charge in [-0.2, -0.15) is 0 Å². The molecular weight excluding hydrogens is 1510 g/mol. The zero-order valence-corrected chi connectivity index (χ0v) is 86.8. The van der Waals surface area contributed by atoms with Crippen molar-refractivity contribution in [2.45, 2.75) is 416 Å². The van der Waals surface area contributed by atoms with E-state index in [0.717, 1.165) is 68.7 Å². The zero-order valence-electron chi connectivity index (χ0n) is 78.0. The minimum absolute atomic E-state index is 0.00288. The Morgan fingerprint density at radius 1 is 0.409 bits per heavy atom. The molecule has 110 heavy (non-hydrogen) atoms. The minimum Gasteiger partial charge on any atom is -0.414 e. The van der Waals surface area contributed by atoms with Gasteiger partial charge in [0.2, 0.25) is 0 Å². The topological polar surface area (TPSA) is 103 Å². The van der Waals surface area contributed by atoms with Gasteiger partial charge in [0.05, 0.1) is 49.3 Å². The molecule has 0 heterocycles. The Kier molecular flexibility index (Phi) is 40.0. The molecule has 0 aliphatic heterocycles. The van der Waals surface area contributed by atoms with Crippen molar-refractivity contribution in [2.75, 3.05) is 25.8 Å². The average molecular weight is 1680 g/mol. The largest absolute Gasteiger partial charge is 0.414 e. The second-order valence-electron chi connectivity index (χ2n) is 43.9. The third kappa shape index (κ3) is 33.2. The zero-order chi connectivity index (χ0) is 84.2. The predicted octanol–water partition coefficient (Wildman–Crippen LogP) is 26.8. The van der Waals surface area contributed by atoms with E-state index in [1.165, 1.54) is 10.4 Å². The molecule has 0 saturated carbocycles. The van der Waals surface area contributed by atoms with Crippen molar-refractivity contribution in [1.29, 1.82) is 0 Å². The van der Waals surface area contributed by atoms with Gasteiger partial charge < -0.3 is 45.6 Å². The number of rotatable bonds is 47. The van der Waals surface area contributed by atoms with E-state index in [-0.39, 0.29) is 84.6 Å². The van der Waals surface area contributed by atoms with Crippen LogP contribution in [0.4, 0.5) is 0 Å². The molecule has 634 valence electrons. The first-order valence-electron chi connectivity index (χ1n) is 42.6. The molecule has 0 spiro atoms. The van der Waals surface area contributed by atoms with Gasteiger partial charge in [-0.25, -0.2) is 0 Å². The van der Waals surface area contributed by atoms with Crippen LogP contribution in [0.1, 0.15) is 223 Å². The Morgan fingerprint density at radius 3 is 1.25 bits per heavy atom. The number of benzene rings is 3. The molecule has 0 unspecified atom stereocenters. The van der Waals surface area contributed by atoms with Gasteiger partial charge in [0.25, 0.3) is 8.32 Å². The molecule has 0 amide bonds. The van der Waals surface area contributed by atoms with E-state index in [1.807, 2.05) is 6.07 Å². The number of ether oxygens (including phenoxy) is 2. The molecule has 10 nitrogen and oxygen atoms in total. The van der Waals surface area contributed by atoms with Gasteiger partial charge in [0, 0.05) is 31.4 Å². The summed E-state index contributed by atoms with van der Waals surface area (Å²) < 4.78 is 65.9. The summed E-state index contributed by atoms with van der Waals surface area (Å²) in [5.74, 6) is 0.464. The fourth-order valence-corrected chi connectivity index (χ4v) is 26.8. The predicted molar refractivity (Wildman–Crippen MR) is 501 cm³/mol. The van der Waals surface area contributed by atoms with E-state index in [9.17, 15) is 5.11 Å². The molecule has 19 heteroatoms. The van der Waals surface area contributed by atoms with Crippen molar-refractivity contribution in [1.82, 2.24) is 0 Å². The van der Waals surface area contributed by atoms with Gasteiger partial charge in [-0.3, -0.25) is 0 Å². The highest BCUT2D eigenvalue weighted by Crippen LogP contribution is 2.46. The molecule has 1 N–H and O–H groups in total. The van der Waals surface area contributed by atoms with Crippen molar-refractivity contribution >= 4 is 88.4 Å². The fraction of sp³-hybridized carbons (Fsp3) is 0.758. The van der Waals surface area contributed by atoms with E-state index < -0.39 is 78.5 Å². The first-order chi connectivity index (χ1) is 49.9. The highest BCUT2D eigenvalue weighted by atomic mass is 32.2. The summed E-state index contributed by atoms with van der Waals surface area (Å²) in [5, 5.41) is 14.8. The molecule has 0 fully saturated rings. The quantitative estimate of drug-likeness (QED) is 0.0192. The lowest BCUT2D eigenvalue weighted by atomic mass is 9.91. The van der Waals surface area contributed by atoms with Gasteiger partial charge in [-0.1, -0.05) is 294 Å². The molecule has 0 aromatic heterocycles. The maximum atomic E-state index is 12.2. The van der Waals surface area contributed by atoms with Crippen LogP contribution in [0.25, 0.3) is 0 Å². The summed E-state index contributed by atoms with van der Waals surface area (Å²) in [6.45, 7) is 88.9. The van der Waals surface area contributed by atoms with Crippen LogP contribution < -0.4 is 10.4 Å². The summed E-state index contributed by atoms with van der Waals surface area (Å²) in [4.78, 5) is 1.13. The van der Waals surface area contributed by atoms with Crippen molar-refractivity contribution in [3.05, 3.63) is 115 Å². The standard InChI is InChI=1S/C91H172O10SSi8/c1-73(84(94-72-93-67-68-103(23,24)25)81(92)71-102-78-60-43-39-44-61-78)69-83(101-109(36,37)90(17,18)19)82(100-108(34,35)89(14,15)16)66-49-38-42-53-74(96-104(26,27)85(2,3)4)54-50-55-75(97-105(28,29)86(5,6)7)56-51-57-76(98-106(30,31)87(8,9)10)58-52-59-77(99-107(32,33)88(11,12)13)70-95-110(91(20,21)22,79-62-45-40-46-63-79)80-64-47-41-48-65-80/h39-41,43-48,51-52,56,58,60-65,73-77,81-84,92H,38,42,49-50,53-55,57,59,66-72H2,1-37H3/b56-51+,58-52+/t73-,74+,75+,76+,77-,81-,82-,83-,84+/m0/s1. The lowest BCUT2D eigenvalue weighted by molar-refractivity contribution is -0.140. The second-order valence-corrected chi connectivity index (χ2v) is 83.5. The van der Waals surface area contributed by atoms with Gasteiger partial charge in [-0.05, 0) is 200 Å². The van der Waals surface area contributed by atoms with Crippen LogP contribution in [0.5, 0.6) is 0 Å². The molecule has 0 aliphatic carbocycles. The van der Waals surface area contributed by atoms with Crippen LogP contribution >= 0.6 is 11.8 Å². The smallest absolute Gasteiger partial charge is 0.261 e. The Balaban J connectivity index is 2.06. The second kappa shape index (κ2) is 42.7.